The summed E-state index contributed by atoms with van der Waals surface area (Å²) in [5.41, 5.74) is 0.746. The number of aromatic hydroxyl groups is 1. The first-order valence-electron chi connectivity index (χ1n) is 7.64. The van der Waals surface area contributed by atoms with Crippen LogP contribution in [0.1, 0.15) is 5.56 Å². The average Bonchev–Trinajstić information content (AvgIpc) is 2.66. The van der Waals surface area contributed by atoms with Crippen LogP contribution in [0.2, 0.25) is 0 Å². The van der Waals surface area contributed by atoms with E-state index in [-0.39, 0.29) is 10.6 Å². The van der Waals surface area contributed by atoms with E-state index in [0.29, 0.717) is 11.3 Å². The van der Waals surface area contributed by atoms with Crippen LogP contribution in [0, 0.1) is 0 Å². The Kier molecular flexibility index (Phi) is 4.90. The molecule has 0 spiro atoms. The maximum Gasteiger partial charge on any atom is 0.297 e. The lowest BCUT2D eigenvalue weighted by atomic mass is 9.98. The number of rotatable bonds is 3. The standard InChI is InChI=1S/C19H15NO5S/c1-25-16-11-5-9-14(13-7-3-2-4-8-13)17(16)19(26(23)24)20-12-6-10-15(21)18(20)22/h2-12,21H,1H3. The monoisotopic (exact) mass is 369 g/mol. The summed E-state index contributed by atoms with van der Waals surface area (Å²) < 4.78 is 30.4. The highest BCUT2D eigenvalue weighted by molar-refractivity contribution is 7.73. The van der Waals surface area contributed by atoms with E-state index in [4.69, 9.17) is 4.74 Å². The molecule has 1 N–H and O–H groups in total. The van der Waals surface area contributed by atoms with Gasteiger partial charge in [-0.1, -0.05) is 42.5 Å². The number of methoxy groups -OCH3 is 1. The third-order valence-electron chi connectivity index (χ3n) is 3.85. The van der Waals surface area contributed by atoms with Crippen LogP contribution in [0.4, 0.5) is 0 Å². The summed E-state index contributed by atoms with van der Waals surface area (Å²) in [6.07, 6.45) is 1.29. The molecule has 0 saturated carbocycles. The van der Waals surface area contributed by atoms with Gasteiger partial charge in [-0.25, -0.2) is 0 Å². The zero-order chi connectivity index (χ0) is 18.7. The third kappa shape index (κ3) is 3.12. The first kappa shape index (κ1) is 17.5. The van der Waals surface area contributed by atoms with E-state index in [9.17, 15) is 18.3 Å². The Hall–Kier alpha value is -3.32. The Morgan fingerprint density at radius 2 is 1.73 bits per heavy atom. The van der Waals surface area contributed by atoms with E-state index < -0.39 is 21.6 Å². The first-order valence-corrected chi connectivity index (χ1v) is 8.72. The maximum atomic E-state index is 12.3. The van der Waals surface area contributed by atoms with Crippen LogP contribution in [0.3, 0.4) is 0 Å². The predicted octanol–water partition coefficient (Wildman–Crippen LogP) is 2.13. The molecule has 0 aliphatic rings. The largest absolute Gasteiger partial charge is 0.503 e. The van der Waals surface area contributed by atoms with E-state index in [2.05, 4.69) is 0 Å². The SMILES string of the molecule is COc1cccc(-c2ccccc2)c1C(n1cccc(O)c1=O)=S(=O)=O. The predicted molar refractivity (Wildman–Crippen MR) is 99.2 cm³/mol. The van der Waals surface area contributed by atoms with Gasteiger partial charge in [0.2, 0.25) is 10.3 Å². The molecule has 0 saturated heterocycles. The number of aromatic nitrogens is 1. The Bertz CT molecular complexity index is 1140. The van der Waals surface area contributed by atoms with Crippen LogP contribution >= 0.6 is 0 Å². The lowest BCUT2D eigenvalue weighted by molar-refractivity contribution is 0.414. The highest BCUT2D eigenvalue weighted by Gasteiger charge is 2.21. The van der Waals surface area contributed by atoms with Crippen molar-refractivity contribution in [1.82, 2.24) is 4.57 Å². The van der Waals surface area contributed by atoms with Crippen LogP contribution < -0.4 is 10.3 Å². The average molecular weight is 369 g/mol. The summed E-state index contributed by atoms with van der Waals surface area (Å²) in [4.78, 5) is 12.0. The minimum atomic E-state index is -2.78. The van der Waals surface area contributed by atoms with Gasteiger partial charge in [0.05, 0.1) is 12.7 Å². The fraction of sp³-hybridized carbons (Fsp3) is 0.0526. The van der Waals surface area contributed by atoms with Crippen LogP contribution in [0.25, 0.3) is 11.1 Å². The first-order chi connectivity index (χ1) is 12.5. The van der Waals surface area contributed by atoms with Gasteiger partial charge in [-0.3, -0.25) is 9.36 Å². The molecule has 0 amide bonds. The molecule has 6 nitrogen and oxygen atoms in total. The molecular weight excluding hydrogens is 354 g/mol. The van der Waals surface area contributed by atoms with Crippen molar-refractivity contribution in [3.05, 3.63) is 82.8 Å². The van der Waals surface area contributed by atoms with E-state index in [1.807, 2.05) is 30.3 Å². The van der Waals surface area contributed by atoms with Crippen molar-refractivity contribution < 1.29 is 18.3 Å². The van der Waals surface area contributed by atoms with Gasteiger partial charge in [0.25, 0.3) is 5.56 Å². The van der Waals surface area contributed by atoms with Crippen molar-refractivity contribution in [3.8, 4) is 22.6 Å². The second-order valence-corrected chi connectivity index (χ2v) is 6.21. The molecule has 0 aliphatic carbocycles. The summed E-state index contributed by atoms with van der Waals surface area (Å²) in [7, 11) is -1.36. The molecule has 0 aliphatic heterocycles. The summed E-state index contributed by atoms with van der Waals surface area (Å²) in [6.45, 7) is 0. The molecule has 3 rings (SSSR count). The lowest BCUT2D eigenvalue weighted by Crippen LogP contribution is -2.28. The smallest absolute Gasteiger partial charge is 0.297 e. The summed E-state index contributed by atoms with van der Waals surface area (Å²) >= 11 is 0. The lowest BCUT2D eigenvalue weighted by Gasteiger charge is -2.16. The molecule has 0 unspecified atom stereocenters. The van der Waals surface area contributed by atoms with Crippen LogP contribution in [0.5, 0.6) is 11.5 Å². The molecule has 0 radical (unpaired) electrons. The fourth-order valence-corrected chi connectivity index (χ4v) is 3.39. The van der Waals surface area contributed by atoms with Crippen molar-refractivity contribution >= 4 is 15.3 Å². The quantitative estimate of drug-likeness (QED) is 0.715. The summed E-state index contributed by atoms with van der Waals surface area (Å²) in [5, 5.41) is 9.71. The number of benzene rings is 2. The van der Waals surface area contributed by atoms with Crippen molar-refractivity contribution in [2.24, 2.45) is 0 Å². The molecule has 0 atom stereocenters. The summed E-state index contributed by atoms with van der Waals surface area (Å²) in [6, 6.07) is 16.8. The molecular formula is C19H15NO5S. The minimum Gasteiger partial charge on any atom is -0.503 e. The Balaban J connectivity index is 2.43. The molecule has 2 aromatic carbocycles. The Labute approximate surface area is 151 Å². The molecule has 3 aromatic rings. The van der Waals surface area contributed by atoms with Gasteiger partial charge in [-0.2, -0.15) is 8.42 Å². The minimum absolute atomic E-state index is 0.238. The second-order valence-electron chi connectivity index (χ2n) is 5.36. The van der Waals surface area contributed by atoms with Gasteiger partial charge >= 0.3 is 0 Å². The van der Waals surface area contributed by atoms with Crippen molar-refractivity contribution in [2.45, 2.75) is 0 Å². The van der Waals surface area contributed by atoms with Crippen molar-refractivity contribution in [1.29, 1.82) is 0 Å². The molecule has 132 valence electrons. The van der Waals surface area contributed by atoms with Gasteiger partial charge < -0.3 is 9.84 Å². The molecule has 0 bridgehead atoms. The third-order valence-corrected chi connectivity index (χ3v) is 4.57. The highest BCUT2D eigenvalue weighted by Crippen LogP contribution is 2.31. The maximum absolute atomic E-state index is 12.3. The van der Waals surface area contributed by atoms with E-state index >= 15 is 0 Å². The van der Waals surface area contributed by atoms with Gasteiger partial charge in [0.1, 0.15) is 5.75 Å². The molecule has 1 heterocycles. The van der Waals surface area contributed by atoms with Crippen molar-refractivity contribution in [3.63, 3.8) is 0 Å². The highest BCUT2D eigenvalue weighted by atomic mass is 32.2. The summed E-state index contributed by atoms with van der Waals surface area (Å²) in [5.74, 6) is -0.257. The Morgan fingerprint density at radius 3 is 2.38 bits per heavy atom. The van der Waals surface area contributed by atoms with Crippen molar-refractivity contribution in [2.75, 3.05) is 7.11 Å². The Morgan fingerprint density at radius 1 is 1.00 bits per heavy atom. The van der Waals surface area contributed by atoms with Gasteiger partial charge in [0.15, 0.2) is 10.7 Å². The van der Waals surface area contributed by atoms with E-state index in [1.165, 1.54) is 25.4 Å². The van der Waals surface area contributed by atoms with E-state index in [0.717, 1.165) is 10.1 Å². The number of nitrogens with zero attached hydrogens (tertiary/aromatic N) is 1. The van der Waals surface area contributed by atoms with Crippen LogP contribution in [-0.4, -0.2) is 30.2 Å². The topological polar surface area (TPSA) is 85.6 Å². The zero-order valence-electron chi connectivity index (χ0n) is 13.8. The zero-order valence-corrected chi connectivity index (χ0v) is 14.6. The molecule has 1 aromatic heterocycles. The number of hydrogen-bond donors (Lipinski definition) is 1. The number of ether oxygens (including phenoxy) is 1. The molecule has 0 fully saturated rings. The fourth-order valence-electron chi connectivity index (χ4n) is 2.71. The number of pyridine rings is 1. The number of hydrogen-bond acceptors (Lipinski definition) is 5. The van der Waals surface area contributed by atoms with Gasteiger partial charge in [-0.15, -0.1) is 0 Å². The molecule has 7 heteroatoms. The van der Waals surface area contributed by atoms with Gasteiger partial charge in [-0.05, 0) is 29.3 Å². The van der Waals surface area contributed by atoms with Crippen LogP contribution in [0.15, 0.2) is 71.7 Å². The molecule has 26 heavy (non-hydrogen) atoms. The second kappa shape index (κ2) is 7.28. The van der Waals surface area contributed by atoms with E-state index in [1.54, 1.807) is 18.2 Å². The van der Waals surface area contributed by atoms with Crippen LogP contribution in [-0.2, 0) is 10.3 Å². The van der Waals surface area contributed by atoms with Gasteiger partial charge in [0, 0.05) is 6.20 Å². The normalized spacial score (nSPS) is 10.3.